The summed E-state index contributed by atoms with van der Waals surface area (Å²) in [5, 5.41) is 3.75. The number of hydrogen-bond donors (Lipinski definition) is 0. The van der Waals surface area contributed by atoms with E-state index in [-0.39, 0.29) is 20.1 Å². The smallest absolute Gasteiger partial charge is 0.121 e. The fraction of sp³-hybridized carbons (Fsp3) is 0.292. The van der Waals surface area contributed by atoms with E-state index in [2.05, 4.69) is 136 Å². The minimum Gasteiger partial charge on any atom is -0.501 e. The molecule has 273 valence electrons. The molecule has 53 heavy (non-hydrogen) atoms. The van der Waals surface area contributed by atoms with E-state index in [1.807, 2.05) is 30.5 Å². The Morgan fingerprint density at radius 3 is 2.28 bits per heavy atom. The van der Waals surface area contributed by atoms with Crippen molar-refractivity contribution in [2.24, 2.45) is 5.92 Å². The van der Waals surface area contributed by atoms with Crippen molar-refractivity contribution in [3.8, 4) is 22.5 Å². The second-order valence-electron chi connectivity index (χ2n) is 15.8. The Morgan fingerprint density at radius 2 is 1.55 bits per heavy atom. The van der Waals surface area contributed by atoms with E-state index in [1.54, 1.807) is 0 Å². The molecule has 4 aromatic carbocycles. The van der Waals surface area contributed by atoms with Gasteiger partial charge < -0.3 is 14.4 Å². The normalized spacial score (nSPS) is 13.5. The Hall–Kier alpha value is -4.15. The molecule has 3 aromatic heterocycles. The summed E-state index contributed by atoms with van der Waals surface area (Å²) in [4.78, 5) is 9.40. The van der Waals surface area contributed by atoms with E-state index in [4.69, 9.17) is 9.40 Å². The van der Waals surface area contributed by atoms with Gasteiger partial charge in [0.2, 0.25) is 0 Å². The van der Waals surface area contributed by atoms with Gasteiger partial charge in [-0.2, -0.15) is 0 Å². The summed E-state index contributed by atoms with van der Waals surface area (Å²) in [6, 6.07) is 42.8. The van der Waals surface area contributed by atoms with Gasteiger partial charge in [-0.25, -0.2) is 0 Å². The van der Waals surface area contributed by atoms with Crippen LogP contribution in [0.4, 0.5) is 0 Å². The number of nitrogens with zero attached hydrogens (tertiary/aromatic N) is 2. The molecule has 0 aliphatic heterocycles. The second kappa shape index (κ2) is 17.3. The van der Waals surface area contributed by atoms with E-state index >= 15 is 0 Å². The second-order valence-corrected chi connectivity index (χ2v) is 20.8. The fourth-order valence-corrected chi connectivity index (χ4v) is 9.18. The molecule has 5 heteroatoms. The molecule has 3 nitrogen and oxygen atoms in total. The third kappa shape index (κ3) is 9.33. The number of hydrogen-bond acceptors (Lipinski definition) is 3. The third-order valence-electron chi connectivity index (χ3n) is 10.5. The van der Waals surface area contributed by atoms with Crippen LogP contribution in [0, 0.1) is 18.1 Å². The zero-order chi connectivity index (χ0) is 36.1. The largest absolute Gasteiger partial charge is 0.501 e. The minimum absolute atomic E-state index is 0. The van der Waals surface area contributed by atoms with Gasteiger partial charge in [0.05, 0.1) is 13.7 Å². The van der Waals surface area contributed by atoms with Crippen molar-refractivity contribution in [1.29, 1.82) is 0 Å². The Labute approximate surface area is 330 Å². The zero-order valence-corrected chi connectivity index (χ0v) is 35.1. The van der Waals surface area contributed by atoms with Crippen LogP contribution in [0.25, 0.3) is 44.5 Å². The zero-order valence-electron chi connectivity index (χ0n) is 31.7. The van der Waals surface area contributed by atoms with Crippen molar-refractivity contribution >= 4 is 35.2 Å². The molecule has 0 amide bonds. The summed E-state index contributed by atoms with van der Waals surface area (Å²) in [5.74, 6) is 1.30. The number of aromatic nitrogens is 2. The van der Waals surface area contributed by atoms with Gasteiger partial charge in [0.25, 0.3) is 0 Å². The summed E-state index contributed by atoms with van der Waals surface area (Å²) in [6.45, 7) is 11.6. The number of pyridine rings is 2. The first kappa shape index (κ1) is 38.6. The molecule has 0 spiro atoms. The van der Waals surface area contributed by atoms with Crippen LogP contribution in [0.15, 0.2) is 120 Å². The maximum atomic E-state index is 6.35. The predicted molar refractivity (Wildman–Crippen MR) is 221 cm³/mol. The molecule has 0 N–H and O–H groups in total. The van der Waals surface area contributed by atoms with Crippen molar-refractivity contribution in [2.45, 2.75) is 84.4 Å². The van der Waals surface area contributed by atoms with Gasteiger partial charge in [-0.05, 0) is 64.5 Å². The topological polar surface area (TPSA) is 38.9 Å². The molecule has 7 aromatic rings. The van der Waals surface area contributed by atoms with Crippen LogP contribution in [-0.2, 0) is 32.9 Å². The molecule has 1 fully saturated rings. The molecule has 1 saturated carbocycles. The average molecular weight is 891 g/mol. The van der Waals surface area contributed by atoms with Crippen LogP contribution in [-0.4, -0.2) is 18.0 Å². The van der Waals surface area contributed by atoms with Gasteiger partial charge in [-0.15, -0.1) is 54.1 Å². The molecule has 1 aliphatic rings. The molecule has 1 radical (unpaired) electrons. The summed E-state index contributed by atoms with van der Waals surface area (Å²) in [6.07, 6.45) is 13.1. The van der Waals surface area contributed by atoms with Gasteiger partial charge in [-0.3, -0.25) is 0 Å². The van der Waals surface area contributed by atoms with Crippen molar-refractivity contribution in [2.75, 3.05) is 0 Å². The third-order valence-corrected chi connectivity index (χ3v) is 12.5. The first-order valence-electron chi connectivity index (χ1n) is 19.1. The van der Waals surface area contributed by atoms with Crippen LogP contribution in [0.5, 0.6) is 0 Å². The number of fused-ring (bicyclic) bond motifs is 3. The standard InChI is InChI=1S/C27H28NO.C21H22NSi.Ir/c1-18(2)21-11-12-22-23-9-6-10-24(27(23)29-26(22)17-21)25-16-20(13-14-28-25)15-19-7-4-3-5-8-19;1-23(2,3)21-16-22-20(18-12-8-5-9-13-18)15-19(21)14-17-10-6-4-7-11-17;/h6,9,11-14,16-19H,3-5,7-8,15H2,1-2H3;4-12,15-16H,14H2,1-3H3;/q2*-1;. The summed E-state index contributed by atoms with van der Waals surface area (Å²) in [5.41, 5.74) is 11.3. The monoisotopic (exact) mass is 891 g/mol. The van der Waals surface area contributed by atoms with Crippen LogP contribution in [0.1, 0.15) is 74.1 Å². The number of rotatable bonds is 8. The Bertz CT molecular complexity index is 2250. The maximum Gasteiger partial charge on any atom is 0.121 e. The summed E-state index contributed by atoms with van der Waals surface area (Å²) < 4.78 is 6.35. The quantitative estimate of drug-likeness (QED) is 0.113. The molecular weight excluding hydrogens is 841 g/mol. The van der Waals surface area contributed by atoms with Gasteiger partial charge in [-0.1, -0.05) is 142 Å². The first-order valence-corrected chi connectivity index (χ1v) is 22.6. The molecular formula is C48H50IrN2OSi-2. The minimum atomic E-state index is -1.43. The Morgan fingerprint density at radius 1 is 0.755 bits per heavy atom. The van der Waals surface area contributed by atoms with Crippen LogP contribution >= 0.6 is 0 Å². The molecule has 1 aliphatic carbocycles. The van der Waals surface area contributed by atoms with Gasteiger partial charge >= 0.3 is 0 Å². The fourth-order valence-electron chi connectivity index (χ4n) is 7.60. The molecule has 0 atom stereocenters. The van der Waals surface area contributed by atoms with Crippen LogP contribution < -0.4 is 5.19 Å². The van der Waals surface area contributed by atoms with Crippen LogP contribution in [0.2, 0.25) is 19.6 Å². The molecule has 3 heterocycles. The van der Waals surface area contributed by atoms with Crippen molar-refractivity contribution in [3.63, 3.8) is 0 Å². The van der Waals surface area contributed by atoms with E-state index in [0.29, 0.717) is 5.92 Å². The summed E-state index contributed by atoms with van der Waals surface area (Å²) >= 11 is 0. The van der Waals surface area contributed by atoms with Crippen molar-refractivity contribution < 1.29 is 24.5 Å². The number of furan rings is 1. The van der Waals surface area contributed by atoms with Crippen molar-refractivity contribution in [3.05, 3.63) is 150 Å². The Kier molecular flexibility index (Phi) is 12.6. The summed E-state index contributed by atoms with van der Waals surface area (Å²) in [7, 11) is -1.43. The average Bonchev–Trinajstić information content (AvgIpc) is 3.54. The van der Waals surface area contributed by atoms with Crippen molar-refractivity contribution in [1.82, 2.24) is 9.97 Å². The van der Waals surface area contributed by atoms with E-state index in [9.17, 15) is 0 Å². The number of benzene rings is 4. The van der Waals surface area contributed by atoms with Gasteiger partial charge in [0.15, 0.2) is 0 Å². The van der Waals surface area contributed by atoms with Crippen LogP contribution in [0.3, 0.4) is 0 Å². The predicted octanol–water partition coefficient (Wildman–Crippen LogP) is 12.4. The van der Waals surface area contributed by atoms with Gasteiger partial charge in [0, 0.05) is 37.9 Å². The van der Waals surface area contributed by atoms with E-state index < -0.39 is 8.07 Å². The molecule has 0 bridgehead atoms. The Balaban J connectivity index is 0.000000183. The first-order chi connectivity index (χ1) is 25.2. The van der Waals surface area contributed by atoms with E-state index in [0.717, 1.165) is 63.2 Å². The molecule has 8 rings (SSSR count). The SMILES string of the molecule is CC(C)c1ccc2c(c1)oc1c(-c3cc(CC4CCCCC4)ccn3)[c-]ccc12.C[Si](C)(C)c1cnc(-c2[c-]cccc2)cc1Cc1ccccc1.[Ir]. The maximum absolute atomic E-state index is 6.35. The molecule has 0 unspecified atom stereocenters. The van der Waals surface area contributed by atoms with Gasteiger partial charge in [0.1, 0.15) is 5.58 Å². The van der Waals surface area contributed by atoms with E-state index in [1.165, 1.54) is 59.5 Å². The molecule has 0 saturated heterocycles.